The molecular weight excluding hydrogens is 443 g/mol. The summed E-state index contributed by atoms with van der Waals surface area (Å²) >= 11 is 0. The highest BCUT2D eigenvalue weighted by Gasteiger charge is 2.34. The van der Waals surface area contributed by atoms with Crippen LogP contribution in [-0.2, 0) is 19.9 Å². The van der Waals surface area contributed by atoms with Crippen LogP contribution in [0.25, 0.3) is 0 Å². The summed E-state index contributed by atoms with van der Waals surface area (Å²) in [7, 11) is -7.26. The lowest BCUT2D eigenvalue weighted by Crippen LogP contribution is -2.41. The van der Waals surface area contributed by atoms with Crippen LogP contribution in [0.4, 0.5) is 10.1 Å². The highest BCUT2D eigenvalue weighted by atomic mass is 32.2. The highest BCUT2D eigenvalue weighted by Crippen LogP contribution is 2.23. The molecule has 1 aliphatic heterocycles. The van der Waals surface area contributed by atoms with Crippen LogP contribution in [0.2, 0.25) is 0 Å². The molecule has 3 rings (SSSR count). The molecule has 1 atom stereocenters. The van der Waals surface area contributed by atoms with Gasteiger partial charge in [0.2, 0.25) is 0 Å². The van der Waals surface area contributed by atoms with Crippen LogP contribution in [0.5, 0.6) is 0 Å². The Hall–Kier alpha value is -2.72. The molecular formula is C21H23FN2O5S2. The van der Waals surface area contributed by atoms with E-state index in [1.165, 1.54) is 54.3 Å². The molecule has 1 amide bonds. The summed E-state index contributed by atoms with van der Waals surface area (Å²) in [5, 5.41) is 0. The molecule has 1 saturated heterocycles. The Morgan fingerprint density at radius 2 is 2.03 bits per heavy atom. The van der Waals surface area contributed by atoms with Crippen LogP contribution in [0.1, 0.15) is 22.3 Å². The van der Waals surface area contributed by atoms with Gasteiger partial charge in [0.25, 0.3) is 15.9 Å². The van der Waals surface area contributed by atoms with E-state index in [-0.39, 0.29) is 34.2 Å². The summed E-state index contributed by atoms with van der Waals surface area (Å²) in [6, 6.07) is 8.99. The van der Waals surface area contributed by atoms with Crippen molar-refractivity contribution < 1.29 is 26.0 Å². The first-order valence-electron chi connectivity index (χ1n) is 9.54. The van der Waals surface area contributed by atoms with Crippen molar-refractivity contribution in [2.45, 2.75) is 24.3 Å². The predicted octanol–water partition coefficient (Wildman–Crippen LogP) is 2.75. The minimum absolute atomic E-state index is 0.0194. The van der Waals surface area contributed by atoms with Crippen LogP contribution in [0, 0.1) is 12.7 Å². The Balaban J connectivity index is 1.85. The number of hydrogen-bond donors (Lipinski definition) is 1. The van der Waals surface area contributed by atoms with E-state index in [2.05, 4.69) is 11.3 Å². The molecule has 0 aliphatic carbocycles. The number of rotatable bonds is 7. The fourth-order valence-electron chi connectivity index (χ4n) is 3.39. The zero-order chi connectivity index (χ0) is 22.8. The van der Waals surface area contributed by atoms with Gasteiger partial charge in [0.15, 0.2) is 9.84 Å². The number of sulfone groups is 1. The van der Waals surface area contributed by atoms with Gasteiger partial charge in [-0.1, -0.05) is 18.2 Å². The van der Waals surface area contributed by atoms with E-state index in [9.17, 15) is 26.0 Å². The first kappa shape index (κ1) is 23.0. The highest BCUT2D eigenvalue weighted by molar-refractivity contribution is 7.92. The standard InChI is InChI=1S/C21H23FN2O5S2/c1-3-10-24(18-9-11-30(26,27)14-18)21(25)16-5-4-6-17(12-16)23-31(28,29)19-8-7-15(2)20(22)13-19/h3-8,12-13,18,23H,1,9-11,14H2,2H3. The molecule has 1 N–H and O–H groups in total. The minimum Gasteiger partial charge on any atom is -0.331 e. The molecule has 7 nitrogen and oxygen atoms in total. The Morgan fingerprint density at radius 1 is 1.29 bits per heavy atom. The van der Waals surface area contributed by atoms with Crippen LogP contribution in [0.15, 0.2) is 60.0 Å². The van der Waals surface area contributed by atoms with E-state index in [0.717, 1.165) is 6.07 Å². The molecule has 10 heteroatoms. The van der Waals surface area contributed by atoms with Crippen molar-refractivity contribution >= 4 is 31.5 Å². The lowest BCUT2D eigenvalue weighted by molar-refractivity contribution is 0.0720. The number of nitrogens with one attached hydrogen (secondary N) is 1. The van der Waals surface area contributed by atoms with Gasteiger partial charge >= 0.3 is 0 Å². The maximum atomic E-state index is 13.8. The number of carbonyl (C=O) groups is 1. The van der Waals surface area contributed by atoms with Crippen LogP contribution < -0.4 is 4.72 Å². The summed E-state index contributed by atoms with van der Waals surface area (Å²) in [5.41, 5.74) is 0.647. The Kier molecular flexibility index (Phi) is 6.51. The van der Waals surface area contributed by atoms with E-state index >= 15 is 0 Å². The van der Waals surface area contributed by atoms with Crippen molar-refractivity contribution in [2.75, 3.05) is 22.8 Å². The molecule has 0 bridgehead atoms. The average Bonchev–Trinajstić information content (AvgIpc) is 3.07. The Morgan fingerprint density at radius 3 is 2.65 bits per heavy atom. The van der Waals surface area contributed by atoms with E-state index in [4.69, 9.17) is 0 Å². The molecule has 1 heterocycles. The summed E-state index contributed by atoms with van der Waals surface area (Å²) in [6.45, 7) is 5.32. The molecule has 1 unspecified atom stereocenters. The second kappa shape index (κ2) is 8.80. The quantitative estimate of drug-likeness (QED) is 0.633. The van der Waals surface area contributed by atoms with Gasteiger partial charge in [-0.15, -0.1) is 6.58 Å². The maximum absolute atomic E-state index is 13.8. The summed E-state index contributed by atoms with van der Waals surface area (Å²) in [5.74, 6) is -1.16. The lowest BCUT2D eigenvalue weighted by Gasteiger charge is -2.27. The predicted molar refractivity (Wildman–Crippen MR) is 117 cm³/mol. The average molecular weight is 467 g/mol. The molecule has 0 spiro atoms. The minimum atomic E-state index is -4.07. The fourth-order valence-corrected chi connectivity index (χ4v) is 6.19. The van der Waals surface area contributed by atoms with Crippen molar-refractivity contribution in [2.24, 2.45) is 0 Å². The molecule has 2 aromatic rings. The zero-order valence-corrected chi connectivity index (χ0v) is 18.5. The number of benzene rings is 2. The van der Waals surface area contributed by atoms with Gasteiger partial charge in [-0.2, -0.15) is 0 Å². The van der Waals surface area contributed by atoms with Gasteiger partial charge in [0.05, 0.1) is 16.4 Å². The lowest BCUT2D eigenvalue weighted by atomic mass is 10.1. The normalized spacial score (nSPS) is 17.8. The number of nitrogens with zero attached hydrogens (tertiary/aromatic N) is 1. The number of halogens is 1. The molecule has 31 heavy (non-hydrogen) atoms. The first-order valence-corrected chi connectivity index (χ1v) is 12.8. The van der Waals surface area contributed by atoms with Crippen molar-refractivity contribution in [3.05, 3.63) is 72.1 Å². The molecule has 0 radical (unpaired) electrons. The van der Waals surface area contributed by atoms with Crippen molar-refractivity contribution in [1.82, 2.24) is 4.90 Å². The molecule has 0 saturated carbocycles. The van der Waals surface area contributed by atoms with E-state index in [1.807, 2.05) is 0 Å². The van der Waals surface area contributed by atoms with Gasteiger partial charge < -0.3 is 4.90 Å². The fraction of sp³-hybridized carbons (Fsp3) is 0.286. The van der Waals surface area contributed by atoms with Crippen molar-refractivity contribution in [1.29, 1.82) is 0 Å². The number of carbonyl (C=O) groups excluding carboxylic acids is 1. The van der Waals surface area contributed by atoms with Gasteiger partial charge in [-0.05, 0) is 49.2 Å². The Bertz CT molecular complexity index is 1230. The molecule has 2 aromatic carbocycles. The summed E-state index contributed by atoms with van der Waals surface area (Å²) in [6.07, 6.45) is 1.86. The van der Waals surface area contributed by atoms with Gasteiger partial charge in [0.1, 0.15) is 5.82 Å². The third-order valence-corrected chi connectivity index (χ3v) is 8.18. The van der Waals surface area contributed by atoms with Gasteiger partial charge in [-0.3, -0.25) is 9.52 Å². The summed E-state index contributed by atoms with van der Waals surface area (Å²) in [4.78, 5) is 14.3. The maximum Gasteiger partial charge on any atom is 0.261 e. The third-order valence-electron chi connectivity index (χ3n) is 5.05. The first-order chi connectivity index (χ1) is 14.5. The van der Waals surface area contributed by atoms with Gasteiger partial charge in [0, 0.05) is 23.8 Å². The largest absolute Gasteiger partial charge is 0.331 e. The number of amides is 1. The van der Waals surface area contributed by atoms with Crippen LogP contribution >= 0.6 is 0 Å². The number of sulfonamides is 1. The van der Waals surface area contributed by atoms with Gasteiger partial charge in [-0.25, -0.2) is 21.2 Å². The smallest absolute Gasteiger partial charge is 0.261 e. The van der Waals surface area contributed by atoms with E-state index in [1.54, 1.807) is 0 Å². The molecule has 166 valence electrons. The van der Waals surface area contributed by atoms with E-state index in [0.29, 0.717) is 12.0 Å². The second-order valence-corrected chi connectivity index (χ2v) is 11.3. The summed E-state index contributed by atoms with van der Waals surface area (Å²) < 4.78 is 65.0. The SMILES string of the molecule is C=CCN(C(=O)c1cccc(NS(=O)(=O)c2ccc(C)c(F)c2)c1)C1CCS(=O)(=O)C1. The van der Waals surface area contributed by atoms with Crippen molar-refractivity contribution in [3.8, 4) is 0 Å². The topological polar surface area (TPSA) is 101 Å². The number of anilines is 1. The number of aryl methyl sites for hydroxylation is 1. The number of hydrogen-bond acceptors (Lipinski definition) is 5. The molecule has 1 fully saturated rings. The second-order valence-electron chi connectivity index (χ2n) is 7.40. The molecule has 0 aromatic heterocycles. The van der Waals surface area contributed by atoms with Crippen LogP contribution in [-0.4, -0.2) is 51.7 Å². The van der Waals surface area contributed by atoms with Crippen LogP contribution in [0.3, 0.4) is 0 Å². The third kappa shape index (κ3) is 5.31. The van der Waals surface area contributed by atoms with E-state index < -0.39 is 37.6 Å². The Labute approximate surface area is 181 Å². The molecule has 1 aliphatic rings. The monoisotopic (exact) mass is 466 g/mol. The zero-order valence-electron chi connectivity index (χ0n) is 16.9. The van der Waals surface area contributed by atoms with Crippen molar-refractivity contribution in [3.63, 3.8) is 0 Å².